The first-order chi connectivity index (χ1) is 16.4. The molecule has 2 aromatic carbocycles. The number of phenolic OH excluding ortho intramolecular Hbond substituents is 1. The molecule has 1 aliphatic carbocycles. The lowest BCUT2D eigenvalue weighted by Crippen LogP contribution is -2.61. The SMILES string of the molecule is CC(C)(CCC(C#N)(C1=CC=CC=CC1)c1ccccc1)N1CC(OCc2ccc(O)cc2)C1. The van der Waals surface area contributed by atoms with Crippen LogP contribution in [0, 0.1) is 11.3 Å². The smallest absolute Gasteiger partial charge is 0.115 e. The van der Waals surface area contributed by atoms with Crippen LogP contribution in [0.3, 0.4) is 0 Å². The molecule has 0 spiro atoms. The molecule has 2 aromatic rings. The highest BCUT2D eigenvalue weighted by molar-refractivity contribution is 5.46. The van der Waals surface area contributed by atoms with Gasteiger partial charge in [-0.05, 0) is 61.9 Å². The van der Waals surface area contributed by atoms with Crippen LogP contribution in [0.4, 0.5) is 0 Å². The molecule has 1 heterocycles. The minimum atomic E-state index is -0.642. The van der Waals surface area contributed by atoms with E-state index in [0.717, 1.165) is 49.1 Å². The Labute approximate surface area is 203 Å². The molecule has 1 N–H and O–H groups in total. The summed E-state index contributed by atoms with van der Waals surface area (Å²) in [5.41, 5.74) is 2.61. The van der Waals surface area contributed by atoms with Crippen molar-refractivity contribution in [3.8, 4) is 11.8 Å². The van der Waals surface area contributed by atoms with E-state index >= 15 is 0 Å². The molecular formula is C30H34N2O2. The van der Waals surface area contributed by atoms with Crippen molar-refractivity contribution in [1.82, 2.24) is 4.90 Å². The largest absolute Gasteiger partial charge is 0.508 e. The van der Waals surface area contributed by atoms with E-state index in [0.29, 0.717) is 6.61 Å². The molecule has 0 radical (unpaired) electrons. The highest BCUT2D eigenvalue weighted by Gasteiger charge is 2.42. The monoisotopic (exact) mass is 454 g/mol. The third-order valence-electron chi connectivity index (χ3n) is 7.24. The Morgan fingerprint density at radius 1 is 1.00 bits per heavy atom. The predicted octanol–water partition coefficient (Wildman–Crippen LogP) is 6.06. The highest BCUT2D eigenvalue weighted by Crippen LogP contribution is 2.41. The number of nitrogens with zero attached hydrogens (tertiary/aromatic N) is 2. The first-order valence-corrected chi connectivity index (χ1v) is 12.1. The molecule has 4 rings (SSSR count). The predicted molar refractivity (Wildman–Crippen MR) is 136 cm³/mol. The highest BCUT2D eigenvalue weighted by atomic mass is 16.5. The lowest BCUT2D eigenvalue weighted by molar-refractivity contribution is -0.102. The number of hydrogen-bond acceptors (Lipinski definition) is 4. The number of allylic oxidation sites excluding steroid dienone is 6. The van der Waals surface area contributed by atoms with Gasteiger partial charge in [0.25, 0.3) is 0 Å². The molecule has 2 aliphatic rings. The molecule has 4 heteroatoms. The molecule has 4 nitrogen and oxygen atoms in total. The zero-order valence-electron chi connectivity index (χ0n) is 20.2. The summed E-state index contributed by atoms with van der Waals surface area (Å²) in [6.45, 7) is 6.89. The molecular weight excluding hydrogens is 420 g/mol. The number of hydrogen-bond donors (Lipinski definition) is 1. The summed E-state index contributed by atoms with van der Waals surface area (Å²) in [6, 6.07) is 20.2. The van der Waals surface area contributed by atoms with Crippen LogP contribution in [-0.4, -0.2) is 34.7 Å². The summed E-state index contributed by atoms with van der Waals surface area (Å²) in [7, 11) is 0. The van der Waals surface area contributed by atoms with Crippen molar-refractivity contribution in [2.75, 3.05) is 13.1 Å². The molecule has 0 saturated carbocycles. The van der Waals surface area contributed by atoms with Crippen LogP contribution in [0.15, 0.2) is 90.6 Å². The van der Waals surface area contributed by atoms with Gasteiger partial charge in [-0.25, -0.2) is 0 Å². The Hall–Kier alpha value is -3.13. The third kappa shape index (κ3) is 5.33. The van der Waals surface area contributed by atoms with E-state index in [2.05, 4.69) is 55.2 Å². The Morgan fingerprint density at radius 2 is 1.74 bits per heavy atom. The maximum absolute atomic E-state index is 10.5. The second kappa shape index (κ2) is 10.4. The van der Waals surface area contributed by atoms with E-state index in [1.165, 1.54) is 0 Å². The van der Waals surface area contributed by atoms with Crippen molar-refractivity contribution in [2.45, 2.75) is 56.8 Å². The van der Waals surface area contributed by atoms with Crippen LogP contribution in [-0.2, 0) is 16.8 Å². The lowest BCUT2D eigenvalue weighted by Gasteiger charge is -2.49. The third-order valence-corrected chi connectivity index (χ3v) is 7.24. The number of phenols is 1. The van der Waals surface area contributed by atoms with Crippen LogP contribution in [0.25, 0.3) is 0 Å². The van der Waals surface area contributed by atoms with Gasteiger partial charge in [0, 0.05) is 18.6 Å². The van der Waals surface area contributed by atoms with E-state index in [1.54, 1.807) is 12.1 Å². The molecule has 0 aromatic heterocycles. The summed E-state index contributed by atoms with van der Waals surface area (Å²) < 4.78 is 6.07. The second-order valence-corrected chi connectivity index (χ2v) is 9.91. The van der Waals surface area contributed by atoms with E-state index in [9.17, 15) is 10.4 Å². The lowest BCUT2D eigenvalue weighted by atomic mass is 9.69. The van der Waals surface area contributed by atoms with Crippen LogP contribution in [0.1, 0.15) is 44.2 Å². The van der Waals surface area contributed by atoms with Gasteiger partial charge < -0.3 is 9.84 Å². The molecule has 1 saturated heterocycles. The first-order valence-electron chi connectivity index (χ1n) is 12.1. The van der Waals surface area contributed by atoms with Crippen molar-refractivity contribution in [3.63, 3.8) is 0 Å². The van der Waals surface area contributed by atoms with Crippen molar-refractivity contribution in [3.05, 3.63) is 102 Å². The van der Waals surface area contributed by atoms with Gasteiger partial charge in [0.15, 0.2) is 0 Å². The van der Waals surface area contributed by atoms with Gasteiger partial charge in [-0.2, -0.15) is 5.26 Å². The summed E-state index contributed by atoms with van der Waals surface area (Å²) in [5, 5.41) is 20.0. The van der Waals surface area contributed by atoms with Crippen LogP contribution in [0.2, 0.25) is 0 Å². The maximum Gasteiger partial charge on any atom is 0.115 e. The number of ether oxygens (including phenoxy) is 1. The first kappa shape index (κ1) is 24.0. The van der Waals surface area contributed by atoms with Gasteiger partial charge >= 0.3 is 0 Å². The minimum absolute atomic E-state index is 0.0355. The van der Waals surface area contributed by atoms with E-state index < -0.39 is 5.41 Å². The summed E-state index contributed by atoms with van der Waals surface area (Å²) in [5.74, 6) is 0.274. The molecule has 176 valence electrons. The van der Waals surface area contributed by atoms with Crippen molar-refractivity contribution < 1.29 is 9.84 Å². The zero-order chi connectivity index (χ0) is 24.0. The van der Waals surface area contributed by atoms with Gasteiger partial charge in [0.05, 0.1) is 18.8 Å². The Bertz CT molecular complexity index is 1090. The number of benzene rings is 2. The normalized spacial score (nSPS) is 18.4. The summed E-state index contributed by atoms with van der Waals surface area (Å²) in [6.07, 6.45) is 13.1. The fourth-order valence-electron chi connectivity index (χ4n) is 4.79. The maximum atomic E-state index is 10.5. The fourth-order valence-corrected chi connectivity index (χ4v) is 4.79. The minimum Gasteiger partial charge on any atom is -0.508 e. The standard InChI is InChI=1S/C30H34N2O2/c1-29(2,32-20-28(21-32)34-22-24-14-16-27(33)17-15-24)18-19-30(23-31,26-12-8-5-9-13-26)25-10-6-3-4-7-11-25/h3-10,12-17,28,33H,11,18-22H2,1-2H3. The van der Waals surface area contributed by atoms with Crippen molar-refractivity contribution in [1.29, 1.82) is 5.26 Å². The topological polar surface area (TPSA) is 56.5 Å². The average molecular weight is 455 g/mol. The van der Waals surface area contributed by atoms with E-state index in [-0.39, 0.29) is 17.4 Å². The molecule has 34 heavy (non-hydrogen) atoms. The van der Waals surface area contributed by atoms with E-state index in [1.807, 2.05) is 42.5 Å². The molecule has 1 fully saturated rings. The van der Waals surface area contributed by atoms with Crippen LogP contribution in [0.5, 0.6) is 5.75 Å². The van der Waals surface area contributed by atoms with Gasteiger partial charge in [-0.1, -0.05) is 72.8 Å². The number of rotatable bonds is 9. The van der Waals surface area contributed by atoms with Gasteiger partial charge in [-0.15, -0.1) is 0 Å². The van der Waals surface area contributed by atoms with Crippen LogP contribution < -0.4 is 0 Å². The molecule has 1 unspecified atom stereocenters. The quantitative estimate of drug-likeness (QED) is 0.501. The molecule has 0 bridgehead atoms. The summed E-state index contributed by atoms with van der Waals surface area (Å²) >= 11 is 0. The van der Waals surface area contributed by atoms with E-state index in [4.69, 9.17) is 4.74 Å². The Kier molecular flexibility index (Phi) is 7.36. The van der Waals surface area contributed by atoms with Gasteiger partial charge in [-0.3, -0.25) is 4.90 Å². The van der Waals surface area contributed by atoms with Crippen LogP contribution >= 0.6 is 0 Å². The van der Waals surface area contributed by atoms with Gasteiger partial charge in [0.1, 0.15) is 11.2 Å². The van der Waals surface area contributed by atoms with Gasteiger partial charge in [0.2, 0.25) is 0 Å². The fraction of sp³-hybridized carbons (Fsp3) is 0.367. The molecule has 1 atom stereocenters. The number of aromatic hydroxyl groups is 1. The Morgan fingerprint density at radius 3 is 2.44 bits per heavy atom. The number of likely N-dealkylation sites (tertiary alicyclic amines) is 1. The number of nitriles is 1. The summed E-state index contributed by atoms with van der Waals surface area (Å²) in [4.78, 5) is 2.46. The van der Waals surface area contributed by atoms with Crippen molar-refractivity contribution in [2.24, 2.45) is 0 Å². The van der Waals surface area contributed by atoms with Crippen molar-refractivity contribution >= 4 is 0 Å². The molecule has 1 aliphatic heterocycles. The average Bonchev–Trinajstić information content (AvgIpc) is 3.11. The second-order valence-electron chi connectivity index (χ2n) is 9.91. The molecule has 0 amide bonds. The zero-order valence-corrected chi connectivity index (χ0v) is 20.2. The Balaban J connectivity index is 1.40.